The van der Waals surface area contributed by atoms with Crippen LogP contribution >= 0.6 is 0 Å². The number of hydrogen-bond donors (Lipinski definition) is 2. The normalized spacial score (nSPS) is 26.4. The molecule has 1 saturated heterocycles. The smallest absolute Gasteiger partial charge is 0.316 e. The van der Waals surface area contributed by atoms with Crippen LogP contribution in [0.3, 0.4) is 0 Å². The van der Waals surface area contributed by atoms with Gasteiger partial charge in [-0.2, -0.15) is 0 Å². The molecule has 0 aliphatic carbocycles. The van der Waals surface area contributed by atoms with Crippen molar-refractivity contribution in [1.29, 1.82) is 0 Å². The summed E-state index contributed by atoms with van der Waals surface area (Å²) < 4.78 is 5.40. The van der Waals surface area contributed by atoms with Crippen molar-refractivity contribution in [2.75, 3.05) is 6.61 Å². The van der Waals surface area contributed by atoms with Gasteiger partial charge in [0.15, 0.2) is 0 Å². The predicted octanol–water partition coefficient (Wildman–Crippen LogP) is 1.42. The zero-order valence-electron chi connectivity index (χ0n) is 11.5. The van der Waals surface area contributed by atoms with Crippen LogP contribution in [0.25, 0.3) is 0 Å². The summed E-state index contributed by atoms with van der Waals surface area (Å²) in [7, 11) is 0. The van der Waals surface area contributed by atoms with Crippen LogP contribution in [0.15, 0.2) is 0 Å². The van der Waals surface area contributed by atoms with E-state index < -0.39 is 23.2 Å². The number of aliphatic carboxylic acids is 1. The molecular formula is C13H23NO4. The van der Waals surface area contributed by atoms with Crippen molar-refractivity contribution < 1.29 is 19.4 Å². The van der Waals surface area contributed by atoms with Crippen LogP contribution in [-0.2, 0) is 14.3 Å². The highest BCUT2D eigenvalue weighted by Crippen LogP contribution is 2.27. The highest BCUT2D eigenvalue weighted by molar-refractivity contribution is 5.97. The Labute approximate surface area is 108 Å². The predicted molar refractivity (Wildman–Crippen MR) is 67.2 cm³/mol. The first-order chi connectivity index (χ1) is 8.21. The highest BCUT2D eigenvalue weighted by atomic mass is 16.5. The van der Waals surface area contributed by atoms with Crippen molar-refractivity contribution in [3.8, 4) is 0 Å². The Morgan fingerprint density at radius 1 is 1.39 bits per heavy atom. The number of carboxylic acid groups (broad SMARTS) is 1. The molecule has 1 heterocycles. The number of carbonyl (C=O) groups is 2. The van der Waals surface area contributed by atoms with Crippen molar-refractivity contribution in [2.24, 2.45) is 11.3 Å². The molecule has 3 atom stereocenters. The molecule has 1 aliphatic rings. The van der Waals surface area contributed by atoms with Crippen LogP contribution in [-0.4, -0.2) is 35.7 Å². The summed E-state index contributed by atoms with van der Waals surface area (Å²) in [6.45, 7) is 7.85. The van der Waals surface area contributed by atoms with Crippen molar-refractivity contribution in [2.45, 2.75) is 52.7 Å². The van der Waals surface area contributed by atoms with Crippen LogP contribution in [0, 0.1) is 11.3 Å². The molecule has 5 heteroatoms. The second-order valence-corrected chi connectivity index (χ2v) is 6.05. The number of carbonyl (C=O) groups excluding carboxylic acids is 1. The molecule has 1 amide bonds. The van der Waals surface area contributed by atoms with E-state index in [1.165, 1.54) is 0 Å². The third-order valence-electron chi connectivity index (χ3n) is 3.21. The highest BCUT2D eigenvalue weighted by Gasteiger charge is 2.38. The molecule has 1 fully saturated rings. The van der Waals surface area contributed by atoms with Crippen molar-refractivity contribution >= 4 is 11.9 Å². The Morgan fingerprint density at radius 3 is 2.44 bits per heavy atom. The molecule has 0 saturated carbocycles. The summed E-state index contributed by atoms with van der Waals surface area (Å²) in [4.78, 5) is 23.3. The number of rotatable bonds is 3. The van der Waals surface area contributed by atoms with E-state index in [1.54, 1.807) is 20.8 Å². The van der Waals surface area contributed by atoms with Gasteiger partial charge in [-0.1, -0.05) is 20.8 Å². The van der Waals surface area contributed by atoms with Gasteiger partial charge in [-0.25, -0.2) is 0 Å². The molecule has 0 bridgehead atoms. The van der Waals surface area contributed by atoms with Gasteiger partial charge in [0.2, 0.25) is 5.91 Å². The van der Waals surface area contributed by atoms with E-state index in [4.69, 9.17) is 4.74 Å². The minimum absolute atomic E-state index is 0.0189. The summed E-state index contributed by atoms with van der Waals surface area (Å²) in [6.07, 6.45) is 1.59. The summed E-state index contributed by atoms with van der Waals surface area (Å²) >= 11 is 0. The molecule has 2 N–H and O–H groups in total. The molecule has 0 radical (unpaired) electrons. The summed E-state index contributed by atoms with van der Waals surface area (Å²) in [6, 6.07) is 0.0189. The molecule has 104 valence electrons. The topological polar surface area (TPSA) is 75.6 Å². The zero-order valence-corrected chi connectivity index (χ0v) is 11.5. The van der Waals surface area contributed by atoms with Crippen molar-refractivity contribution in [1.82, 2.24) is 5.32 Å². The van der Waals surface area contributed by atoms with E-state index in [2.05, 4.69) is 5.32 Å². The second kappa shape index (κ2) is 5.69. The number of amides is 1. The lowest BCUT2D eigenvalue weighted by Gasteiger charge is -2.31. The Bertz CT molecular complexity index is 321. The number of nitrogens with one attached hydrogen (secondary N) is 1. The average molecular weight is 257 g/mol. The van der Waals surface area contributed by atoms with Crippen molar-refractivity contribution in [3.63, 3.8) is 0 Å². The minimum Gasteiger partial charge on any atom is -0.481 e. The molecule has 1 rings (SSSR count). The van der Waals surface area contributed by atoms with Crippen LogP contribution < -0.4 is 5.32 Å². The second-order valence-electron chi connectivity index (χ2n) is 6.05. The molecule has 0 spiro atoms. The van der Waals surface area contributed by atoms with Crippen molar-refractivity contribution in [3.05, 3.63) is 0 Å². The van der Waals surface area contributed by atoms with Crippen LogP contribution in [0.5, 0.6) is 0 Å². The molecular weight excluding hydrogens is 234 g/mol. The minimum atomic E-state index is -1.07. The zero-order chi connectivity index (χ0) is 13.9. The lowest BCUT2D eigenvalue weighted by Crippen LogP contribution is -2.48. The first kappa shape index (κ1) is 15.0. The quantitative estimate of drug-likeness (QED) is 0.750. The first-order valence-corrected chi connectivity index (χ1v) is 6.36. The molecule has 3 unspecified atom stereocenters. The monoisotopic (exact) mass is 257 g/mol. The molecule has 18 heavy (non-hydrogen) atoms. The maximum Gasteiger partial charge on any atom is 0.316 e. The van der Waals surface area contributed by atoms with Crippen LogP contribution in [0.4, 0.5) is 0 Å². The fourth-order valence-electron chi connectivity index (χ4n) is 2.29. The Hall–Kier alpha value is -1.10. The van der Waals surface area contributed by atoms with E-state index in [0.717, 1.165) is 12.8 Å². The third kappa shape index (κ3) is 3.98. The lowest BCUT2D eigenvalue weighted by atomic mass is 9.80. The molecule has 0 aromatic rings. The van der Waals surface area contributed by atoms with Gasteiger partial charge in [0.1, 0.15) is 5.92 Å². The van der Waals surface area contributed by atoms with Gasteiger partial charge in [0.05, 0.1) is 6.10 Å². The summed E-state index contributed by atoms with van der Waals surface area (Å²) in [5.41, 5.74) is -0.591. The number of ether oxygens (including phenoxy) is 1. The summed E-state index contributed by atoms with van der Waals surface area (Å²) in [5, 5.41) is 12.0. The van der Waals surface area contributed by atoms with Gasteiger partial charge in [-0.15, -0.1) is 0 Å². The fraction of sp³-hybridized carbons (Fsp3) is 0.846. The van der Waals surface area contributed by atoms with Gasteiger partial charge in [-0.05, 0) is 25.2 Å². The van der Waals surface area contributed by atoms with Gasteiger partial charge in [0.25, 0.3) is 0 Å². The number of carboxylic acids is 1. The molecule has 0 aromatic heterocycles. The standard InChI is InChI=1S/C13H23NO4/c1-8-7-9(5-6-18-8)14-11(15)10(12(16)17)13(2,3)4/h8-10H,5-7H2,1-4H3,(H,14,15)(H,16,17). The number of hydrogen-bond acceptors (Lipinski definition) is 3. The molecule has 0 aromatic carbocycles. The van der Waals surface area contributed by atoms with Gasteiger partial charge in [0, 0.05) is 12.6 Å². The van der Waals surface area contributed by atoms with E-state index >= 15 is 0 Å². The lowest BCUT2D eigenvalue weighted by molar-refractivity contribution is -0.152. The Kier molecular flexibility index (Phi) is 4.73. The van der Waals surface area contributed by atoms with Crippen LogP contribution in [0.1, 0.15) is 40.5 Å². The summed E-state index contributed by atoms with van der Waals surface area (Å²) in [5.74, 6) is -2.48. The Balaban J connectivity index is 2.65. The van der Waals surface area contributed by atoms with Crippen LogP contribution in [0.2, 0.25) is 0 Å². The fourth-order valence-corrected chi connectivity index (χ4v) is 2.29. The first-order valence-electron chi connectivity index (χ1n) is 6.36. The SMILES string of the molecule is CC1CC(NC(=O)C(C(=O)O)C(C)(C)C)CCO1. The Morgan fingerprint density at radius 2 is 2.00 bits per heavy atom. The maximum atomic E-state index is 12.1. The van der Waals surface area contributed by atoms with E-state index in [-0.39, 0.29) is 12.1 Å². The van der Waals surface area contributed by atoms with Gasteiger partial charge < -0.3 is 15.2 Å². The van der Waals surface area contributed by atoms with Gasteiger partial charge >= 0.3 is 5.97 Å². The van der Waals surface area contributed by atoms with E-state index in [1.807, 2.05) is 6.92 Å². The molecule has 5 nitrogen and oxygen atoms in total. The average Bonchev–Trinajstić information content (AvgIpc) is 2.13. The van der Waals surface area contributed by atoms with E-state index in [9.17, 15) is 14.7 Å². The van der Waals surface area contributed by atoms with E-state index in [0.29, 0.717) is 6.61 Å². The largest absolute Gasteiger partial charge is 0.481 e. The maximum absolute atomic E-state index is 12.1. The third-order valence-corrected chi connectivity index (χ3v) is 3.21. The molecule has 1 aliphatic heterocycles. The van der Waals surface area contributed by atoms with Gasteiger partial charge in [-0.3, -0.25) is 9.59 Å².